The van der Waals surface area contributed by atoms with Crippen molar-refractivity contribution in [1.29, 1.82) is 0 Å². The molecule has 0 amide bonds. The lowest BCUT2D eigenvalue weighted by atomic mass is 10.2. The molecule has 1 saturated heterocycles. The molecule has 1 fully saturated rings. The summed E-state index contributed by atoms with van der Waals surface area (Å²) in [7, 11) is 0. The minimum absolute atomic E-state index is 0.834. The molecule has 1 aliphatic rings. The van der Waals surface area contributed by atoms with Gasteiger partial charge in [-0.25, -0.2) is 4.98 Å². The highest BCUT2D eigenvalue weighted by atomic mass is 32.1. The van der Waals surface area contributed by atoms with Gasteiger partial charge in [-0.15, -0.1) is 11.3 Å². The van der Waals surface area contributed by atoms with E-state index >= 15 is 0 Å². The summed E-state index contributed by atoms with van der Waals surface area (Å²) in [6.07, 6.45) is 4.90. The summed E-state index contributed by atoms with van der Waals surface area (Å²) in [5, 5.41) is 1.22. The van der Waals surface area contributed by atoms with Crippen LogP contribution in [0, 0.1) is 0 Å². The van der Waals surface area contributed by atoms with E-state index in [4.69, 9.17) is 4.98 Å². The van der Waals surface area contributed by atoms with Crippen LogP contribution in [-0.2, 0) is 12.2 Å². The highest BCUT2D eigenvalue weighted by Gasteiger charge is 2.18. The second-order valence-corrected chi connectivity index (χ2v) is 5.35. The van der Waals surface area contributed by atoms with Crippen molar-refractivity contribution in [2.45, 2.75) is 38.4 Å². The SMILES string of the molecule is CCCc1nc(N2CCCC2)sc1CS. The Morgan fingerprint density at radius 3 is 2.73 bits per heavy atom. The molecule has 0 unspecified atom stereocenters. The lowest BCUT2D eigenvalue weighted by Gasteiger charge is -2.12. The van der Waals surface area contributed by atoms with Gasteiger partial charge in [-0.05, 0) is 19.3 Å². The number of aromatic nitrogens is 1. The minimum atomic E-state index is 0.834. The predicted molar refractivity (Wildman–Crippen MR) is 70.2 cm³/mol. The summed E-state index contributed by atoms with van der Waals surface area (Å²) in [4.78, 5) is 8.52. The highest BCUT2D eigenvalue weighted by molar-refractivity contribution is 7.79. The molecule has 1 aromatic heterocycles. The Balaban J connectivity index is 2.17. The molecule has 0 bridgehead atoms. The third kappa shape index (κ3) is 2.48. The molecule has 0 aliphatic carbocycles. The van der Waals surface area contributed by atoms with Gasteiger partial charge in [-0.1, -0.05) is 13.3 Å². The lowest BCUT2D eigenvalue weighted by molar-refractivity contribution is 0.871. The number of thiol groups is 1. The molecule has 0 atom stereocenters. The molecule has 15 heavy (non-hydrogen) atoms. The van der Waals surface area contributed by atoms with Crippen molar-refractivity contribution >= 4 is 29.1 Å². The molecule has 2 rings (SSSR count). The summed E-state index contributed by atoms with van der Waals surface area (Å²) in [5.74, 6) is 0.834. The molecule has 4 heteroatoms. The molecule has 2 nitrogen and oxygen atoms in total. The van der Waals surface area contributed by atoms with Crippen molar-refractivity contribution < 1.29 is 0 Å². The van der Waals surface area contributed by atoms with Crippen molar-refractivity contribution in [3.8, 4) is 0 Å². The number of aryl methyl sites for hydroxylation is 1. The van der Waals surface area contributed by atoms with Crippen LogP contribution < -0.4 is 4.90 Å². The van der Waals surface area contributed by atoms with E-state index in [1.807, 2.05) is 11.3 Å². The topological polar surface area (TPSA) is 16.1 Å². The van der Waals surface area contributed by atoms with E-state index in [1.54, 1.807) is 0 Å². The first kappa shape index (κ1) is 11.3. The molecule has 0 aromatic carbocycles. The van der Waals surface area contributed by atoms with Gasteiger partial charge in [0.1, 0.15) is 0 Å². The minimum Gasteiger partial charge on any atom is -0.348 e. The Morgan fingerprint density at radius 2 is 2.13 bits per heavy atom. The van der Waals surface area contributed by atoms with E-state index in [2.05, 4.69) is 24.5 Å². The molecule has 84 valence electrons. The quantitative estimate of drug-likeness (QED) is 0.817. The fraction of sp³-hybridized carbons (Fsp3) is 0.727. The average molecular weight is 242 g/mol. The smallest absolute Gasteiger partial charge is 0.185 e. The van der Waals surface area contributed by atoms with Crippen molar-refractivity contribution in [2.24, 2.45) is 0 Å². The number of hydrogen-bond donors (Lipinski definition) is 1. The molecular weight excluding hydrogens is 224 g/mol. The van der Waals surface area contributed by atoms with Gasteiger partial charge in [-0.3, -0.25) is 0 Å². The Kier molecular flexibility index (Phi) is 3.92. The first-order valence-electron chi connectivity index (χ1n) is 5.69. The Bertz CT molecular complexity index is 316. The van der Waals surface area contributed by atoms with Crippen LogP contribution >= 0.6 is 24.0 Å². The molecule has 2 heterocycles. The largest absolute Gasteiger partial charge is 0.348 e. The normalized spacial score (nSPS) is 16.3. The van der Waals surface area contributed by atoms with E-state index in [0.717, 1.165) is 12.2 Å². The summed E-state index contributed by atoms with van der Waals surface area (Å²) in [5.41, 5.74) is 1.28. The maximum absolute atomic E-state index is 4.75. The third-order valence-corrected chi connectivity index (χ3v) is 4.46. The zero-order valence-electron chi connectivity index (χ0n) is 9.20. The number of hydrogen-bond acceptors (Lipinski definition) is 4. The molecule has 0 radical (unpaired) electrons. The molecule has 0 saturated carbocycles. The van der Waals surface area contributed by atoms with E-state index in [0.29, 0.717) is 0 Å². The van der Waals surface area contributed by atoms with E-state index in [-0.39, 0.29) is 0 Å². The second kappa shape index (κ2) is 5.21. The second-order valence-electron chi connectivity index (χ2n) is 3.97. The van der Waals surface area contributed by atoms with Crippen molar-refractivity contribution in [3.05, 3.63) is 10.6 Å². The average Bonchev–Trinajstić information content (AvgIpc) is 2.84. The number of anilines is 1. The number of nitrogens with zero attached hydrogens (tertiary/aromatic N) is 2. The van der Waals surface area contributed by atoms with Crippen LogP contribution in [0.25, 0.3) is 0 Å². The Hall–Kier alpha value is -0.220. The Morgan fingerprint density at radius 1 is 1.40 bits per heavy atom. The summed E-state index contributed by atoms with van der Waals surface area (Å²) < 4.78 is 0. The van der Waals surface area contributed by atoms with Crippen LogP contribution in [0.5, 0.6) is 0 Å². The van der Waals surface area contributed by atoms with E-state index in [9.17, 15) is 0 Å². The molecular formula is C11H18N2S2. The fourth-order valence-electron chi connectivity index (χ4n) is 1.97. The standard InChI is InChI=1S/C11H18N2S2/c1-2-5-9-10(8-14)15-11(12-9)13-6-3-4-7-13/h14H,2-8H2,1H3. The summed E-state index contributed by atoms with van der Waals surface area (Å²) in [6.45, 7) is 4.58. The van der Waals surface area contributed by atoms with Crippen LogP contribution in [0.2, 0.25) is 0 Å². The van der Waals surface area contributed by atoms with Crippen molar-refractivity contribution in [2.75, 3.05) is 18.0 Å². The first-order valence-corrected chi connectivity index (χ1v) is 7.14. The molecule has 1 aromatic rings. The zero-order valence-corrected chi connectivity index (χ0v) is 10.9. The summed E-state index contributed by atoms with van der Waals surface area (Å²) in [6, 6.07) is 0. The van der Waals surface area contributed by atoms with Gasteiger partial charge in [0.15, 0.2) is 5.13 Å². The first-order chi connectivity index (χ1) is 7.35. The van der Waals surface area contributed by atoms with Gasteiger partial charge in [0.2, 0.25) is 0 Å². The fourth-order valence-corrected chi connectivity index (χ4v) is 3.36. The lowest BCUT2D eigenvalue weighted by Crippen LogP contribution is -2.17. The van der Waals surface area contributed by atoms with Gasteiger partial charge in [0.05, 0.1) is 5.69 Å². The number of thiazole rings is 1. The van der Waals surface area contributed by atoms with Crippen molar-refractivity contribution in [3.63, 3.8) is 0 Å². The van der Waals surface area contributed by atoms with Crippen LogP contribution in [0.15, 0.2) is 0 Å². The molecule has 1 aliphatic heterocycles. The van der Waals surface area contributed by atoms with Crippen LogP contribution in [-0.4, -0.2) is 18.1 Å². The zero-order chi connectivity index (χ0) is 10.7. The van der Waals surface area contributed by atoms with Gasteiger partial charge >= 0.3 is 0 Å². The monoisotopic (exact) mass is 242 g/mol. The van der Waals surface area contributed by atoms with E-state index in [1.165, 1.54) is 48.1 Å². The van der Waals surface area contributed by atoms with Crippen molar-refractivity contribution in [1.82, 2.24) is 4.98 Å². The van der Waals surface area contributed by atoms with Gasteiger partial charge in [-0.2, -0.15) is 12.6 Å². The predicted octanol–water partition coefficient (Wildman–Crippen LogP) is 3.13. The number of rotatable bonds is 4. The maximum Gasteiger partial charge on any atom is 0.185 e. The van der Waals surface area contributed by atoms with E-state index < -0.39 is 0 Å². The van der Waals surface area contributed by atoms with Crippen LogP contribution in [0.1, 0.15) is 36.8 Å². The van der Waals surface area contributed by atoms with Crippen LogP contribution in [0.4, 0.5) is 5.13 Å². The van der Waals surface area contributed by atoms with Gasteiger partial charge in [0.25, 0.3) is 0 Å². The Labute approximate surface area is 101 Å². The van der Waals surface area contributed by atoms with Gasteiger partial charge in [0, 0.05) is 23.7 Å². The molecule has 0 spiro atoms. The third-order valence-electron chi connectivity index (χ3n) is 2.77. The van der Waals surface area contributed by atoms with Gasteiger partial charge < -0.3 is 4.90 Å². The highest BCUT2D eigenvalue weighted by Crippen LogP contribution is 2.30. The maximum atomic E-state index is 4.75. The summed E-state index contributed by atoms with van der Waals surface area (Å²) >= 11 is 6.22. The van der Waals surface area contributed by atoms with Crippen LogP contribution in [0.3, 0.4) is 0 Å². The molecule has 0 N–H and O–H groups in total.